The lowest BCUT2D eigenvalue weighted by atomic mass is 10.0. The van der Waals surface area contributed by atoms with Crippen LogP contribution in [-0.2, 0) is 12.8 Å². The van der Waals surface area contributed by atoms with Crippen molar-refractivity contribution >= 4 is 65.5 Å². The fraction of sp³-hybridized carbons (Fsp3) is 0.654. The van der Waals surface area contributed by atoms with Crippen molar-refractivity contribution in [2.45, 2.75) is 220 Å². The summed E-state index contributed by atoms with van der Waals surface area (Å²) in [6.45, 7) is 9.22. The van der Waals surface area contributed by atoms with E-state index >= 15 is 0 Å². The highest BCUT2D eigenvalue weighted by Crippen LogP contribution is 2.45. The number of unbranched alkanes of at least 4 members (excludes halogenated alkanes) is 26. The van der Waals surface area contributed by atoms with E-state index in [-0.39, 0.29) is 0 Å². The van der Waals surface area contributed by atoms with Gasteiger partial charge in [-0.25, -0.2) is 0 Å². The molecule has 0 amide bonds. The minimum absolute atomic E-state index is 1.23. The van der Waals surface area contributed by atoms with Crippen LogP contribution in [0.2, 0.25) is 0 Å². The predicted octanol–water partition coefficient (Wildman–Crippen LogP) is 20.2. The highest BCUT2D eigenvalue weighted by molar-refractivity contribution is 7.27. The third kappa shape index (κ3) is 15.6. The lowest BCUT2D eigenvalue weighted by Crippen LogP contribution is -1.87. The summed E-state index contributed by atoms with van der Waals surface area (Å²) in [5, 5.41) is 2.84. The zero-order valence-electron chi connectivity index (χ0n) is 36.3. The largest absolute Gasteiger partial charge is 0.139 e. The minimum Gasteiger partial charge on any atom is -0.139 e. The van der Waals surface area contributed by atoms with Gasteiger partial charge in [0.05, 0.1) is 0 Å². The molecule has 310 valence electrons. The van der Waals surface area contributed by atoms with Gasteiger partial charge in [-0.05, 0) is 97.8 Å². The van der Waals surface area contributed by atoms with Crippen molar-refractivity contribution in [2.24, 2.45) is 0 Å². The van der Waals surface area contributed by atoms with Gasteiger partial charge in [0.1, 0.15) is 0 Å². The van der Waals surface area contributed by atoms with Gasteiger partial charge in [-0.3, -0.25) is 0 Å². The Morgan fingerprint density at radius 2 is 0.607 bits per heavy atom. The molecule has 0 fully saturated rings. The summed E-state index contributed by atoms with van der Waals surface area (Å²) in [6, 6.07) is 14.9. The molecule has 0 unspecified atom stereocenters. The number of benzene rings is 1. The van der Waals surface area contributed by atoms with E-state index in [1.807, 2.05) is 45.3 Å². The highest BCUT2D eigenvalue weighted by Gasteiger charge is 2.16. The molecule has 0 nitrogen and oxygen atoms in total. The normalized spacial score (nSPS) is 11.9. The maximum absolute atomic E-state index is 2.50. The molecule has 4 heterocycles. The van der Waals surface area contributed by atoms with E-state index < -0.39 is 0 Å². The number of aryl methyl sites for hydroxylation is 4. The second kappa shape index (κ2) is 26.6. The van der Waals surface area contributed by atoms with Gasteiger partial charge in [0.25, 0.3) is 0 Å². The van der Waals surface area contributed by atoms with Crippen molar-refractivity contribution < 1.29 is 0 Å². The molecule has 0 aliphatic heterocycles. The van der Waals surface area contributed by atoms with Gasteiger partial charge in [0.2, 0.25) is 0 Å². The molecule has 0 atom stereocenters. The van der Waals surface area contributed by atoms with Gasteiger partial charge < -0.3 is 0 Å². The summed E-state index contributed by atoms with van der Waals surface area (Å²) in [7, 11) is 0. The summed E-state index contributed by atoms with van der Waals surface area (Å²) in [5.74, 6) is 0. The Morgan fingerprint density at radius 3 is 0.911 bits per heavy atom. The molecule has 5 aromatic rings. The highest BCUT2D eigenvalue weighted by atomic mass is 32.1. The SMILES string of the molecule is CCCCCCCCCCCCCCCCc1cc(C)sc1-c1cc2cc3sc(-c4sc(C)cc4CCCCCCCCCCCCCCCC)cc3cc2s1. The summed E-state index contributed by atoms with van der Waals surface area (Å²) in [5.41, 5.74) is 3.17. The first-order valence-corrected chi connectivity index (χ1v) is 27.0. The Labute approximate surface area is 360 Å². The van der Waals surface area contributed by atoms with E-state index in [9.17, 15) is 0 Å². The van der Waals surface area contributed by atoms with Gasteiger partial charge in [-0.1, -0.05) is 181 Å². The number of thiophene rings is 4. The van der Waals surface area contributed by atoms with Gasteiger partial charge >= 0.3 is 0 Å². The third-order valence-electron chi connectivity index (χ3n) is 12.1. The zero-order chi connectivity index (χ0) is 39.2. The molecule has 0 aliphatic carbocycles. The maximum atomic E-state index is 2.50. The Balaban J connectivity index is 1.03. The van der Waals surface area contributed by atoms with Crippen LogP contribution >= 0.6 is 45.3 Å². The quantitative estimate of drug-likeness (QED) is 0.0379. The number of fused-ring (bicyclic) bond motifs is 2. The summed E-state index contributed by atoms with van der Waals surface area (Å²) in [6.07, 6.45) is 42.3. The zero-order valence-corrected chi connectivity index (χ0v) is 39.6. The van der Waals surface area contributed by atoms with Gasteiger partial charge in [0, 0.05) is 38.7 Å². The van der Waals surface area contributed by atoms with Crippen molar-refractivity contribution in [2.75, 3.05) is 0 Å². The second-order valence-corrected chi connectivity index (χ2v) is 21.9. The number of hydrogen-bond donors (Lipinski definition) is 0. The van der Waals surface area contributed by atoms with Crippen molar-refractivity contribution in [1.29, 1.82) is 0 Å². The first-order valence-electron chi connectivity index (χ1n) is 23.7. The smallest absolute Gasteiger partial charge is 0.0477 e. The van der Waals surface area contributed by atoms with Crippen molar-refractivity contribution in [3.63, 3.8) is 0 Å². The molecule has 0 radical (unpaired) electrons. The lowest BCUT2D eigenvalue weighted by Gasteiger charge is -2.04. The summed E-state index contributed by atoms with van der Waals surface area (Å²) >= 11 is 8.05. The van der Waals surface area contributed by atoms with Crippen LogP contribution in [-0.4, -0.2) is 0 Å². The van der Waals surface area contributed by atoms with Crippen LogP contribution in [0.5, 0.6) is 0 Å². The van der Waals surface area contributed by atoms with Crippen LogP contribution < -0.4 is 0 Å². The average Bonchev–Trinajstić information content (AvgIpc) is 3.98. The number of hydrogen-bond acceptors (Lipinski definition) is 4. The molecule has 4 heteroatoms. The van der Waals surface area contributed by atoms with Crippen LogP contribution in [0.25, 0.3) is 39.7 Å². The molecular weight excluding hydrogens is 753 g/mol. The first-order chi connectivity index (χ1) is 27.6. The predicted molar refractivity (Wildman–Crippen MR) is 261 cm³/mol. The van der Waals surface area contributed by atoms with E-state index in [4.69, 9.17) is 0 Å². The fourth-order valence-corrected chi connectivity index (χ4v) is 13.3. The molecule has 0 saturated carbocycles. The van der Waals surface area contributed by atoms with E-state index in [1.165, 1.54) is 242 Å². The van der Waals surface area contributed by atoms with E-state index in [0.29, 0.717) is 0 Å². The summed E-state index contributed by atoms with van der Waals surface area (Å²) in [4.78, 5) is 8.93. The summed E-state index contributed by atoms with van der Waals surface area (Å²) < 4.78 is 2.88. The fourth-order valence-electron chi connectivity index (χ4n) is 8.74. The maximum Gasteiger partial charge on any atom is 0.0477 e. The molecule has 0 aliphatic rings. The van der Waals surface area contributed by atoms with Crippen molar-refractivity contribution in [3.05, 3.63) is 57.3 Å². The van der Waals surface area contributed by atoms with Gasteiger partial charge in [-0.15, -0.1) is 45.3 Å². The van der Waals surface area contributed by atoms with E-state index in [1.54, 1.807) is 11.1 Å². The van der Waals surface area contributed by atoms with Crippen LogP contribution in [0.1, 0.15) is 215 Å². The monoisotopic (exact) mass is 830 g/mol. The Kier molecular flexibility index (Phi) is 21.7. The van der Waals surface area contributed by atoms with E-state index in [2.05, 4.69) is 64.1 Å². The second-order valence-electron chi connectivity index (χ2n) is 17.3. The molecule has 1 aromatic carbocycles. The van der Waals surface area contributed by atoms with Crippen molar-refractivity contribution in [1.82, 2.24) is 0 Å². The van der Waals surface area contributed by atoms with Crippen LogP contribution in [0, 0.1) is 13.8 Å². The van der Waals surface area contributed by atoms with Crippen LogP contribution in [0.3, 0.4) is 0 Å². The molecular formula is C52H78S4. The Bertz CT molecular complexity index is 1600. The first kappa shape index (κ1) is 45.6. The Hall–Kier alpha value is -1.46. The van der Waals surface area contributed by atoms with Crippen molar-refractivity contribution in [3.8, 4) is 19.5 Å². The Morgan fingerprint density at radius 1 is 0.321 bits per heavy atom. The molecule has 0 N–H and O–H groups in total. The molecule has 0 saturated heterocycles. The topological polar surface area (TPSA) is 0 Å². The van der Waals surface area contributed by atoms with Gasteiger partial charge in [-0.2, -0.15) is 0 Å². The molecule has 0 bridgehead atoms. The van der Waals surface area contributed by atoms with E-state index in [0.717, 1.165) is 0 Å². The standard InChI is InChI=1S/C52H78S4/c1-5-7-9-11-13-15-17-19-21-23-25-27-29-31-33-43-35-41(3)53-51(43)49-39-45-37-48-46(38-47(45)55-49)40-50(56-48)52-44(36-42(4)54-52)34-32-30-28-26-24-22-20-18-16-14-12-10-8-6-2/h35-40H,5-34H2,1-4H3. The van der Waals surface area contributed by atoms with Crippen LogP contribution in [0.4, 0.5) is 0 Å². The molecule has 0 spiro atoms. The molecule has 5 rings (SSSR count). The van der Waals surface area contributed by atoms with Crippen LogP contribution in [0.15, 0.2) is 36.4 Å². The minimum atomic E-state index is 1.23. The number of rotatable bonds is 32. The molecule has 4 aromatic heterocycles. The molecule has 56 heavy (non-hydrogen) atoms. The van der Waals surface area contributed by atoms with Gasteiger partial charge in [0.15, 0.2) is 0 Å². The third-order valence-corrected chi connectivity index (χ3v) is 16.8. The average molecular weight is 831 g/mol. The lowest BCUT2D eigenvalue weighted by molar-refractivity contribution is 0.535.